The van der Waals surface area contributed by atoms with E-state index in [0.29, 0.717) is 6.54 Å². The molecule has 1 heterocycles. The topological polar surface area (TPSA) is 34.4 Å². The Labute approximate surface area is 78.0 Å². The lowest BCUT2D eigenvalue weighted by Gasteiger charge is -2.07. The predicted octanol–water partition coefficient (Wildman–Crippen LogP) is 1.81. The number of hydrogen-bond donors (Lipinski definition) is 1. The molecule has 0 aliphatic heterocycles. The zero-order valence-corrected chi connectivity index (χ0v) is 7.93. The van der Waals surface area contributed by atoms with Gasteiger partial charge in [0, 0.05) is 6.42 Å². The molecule has 0 radical (unpaired) electrons. The maximum Gasteiger partial charge on any atom is 0.120 e. The van der Waals surface area contributed by atoms with Crippen molar-refractivity contribution in [1.29, 1.82) is 0 Å². The summed E-state index contributed by atoms with van der Waals surface area (Å²) >= 11 is 0. The molecule has 0 amide bonds. The van der Waals surface area contributed by atoms with Crippen molar-refractivity contribution in [2.75, 3.05) is 7.11 Å². The lowest BCUT2D eigenvalue weighted by atomic mass is 9.99. The summed E-state index contributed by atoms with van der Waals surface area (Å²) in [6.45, 7) is 0.656. The van der Waals surface area contributed by atoms with Crippen LogP contribution in [0.5, 0.6) is 0 Å². The van der Waals surface area contributed by atoms with Crippen LogP contribution in [0.4, 0.5) is 0 Å². The van der Waals surface area contributed by atoms with Crippen LogP contribution in [0, 0.1) is 0 Å². The van der Waals surface area contributed by atoms with E-state index < -0.39 is 0 Å². The van der Waals surface area contributed by atoms with Crippen LogP contribution in [0.1, 0.15) is 29.9 Å². The molecule has 0 unspecified atom stereocenters. The fourth-order valence-corrected chi connectivity index (χ4v) is 1.78. The van der Waals surface area contributed by atoms with Crippen LogP contribution in [0.2, 0.25) is 0 Å². The molecular weight excluding hydrogens is 166 g/mol. The van der Waals surface area contributed by atoms with Gasteiger partial charge in [-0.05, 0) is 30.9 Å². The summed E-state index contributed by atoms with van der Waals surface area (Å²) in [5.74, 6) is 2.16. The van der Waals surface area contributed by atoms with E-state index in [1.165, 1.54) is 30.6 Å². The third kappa shape index (κ3) is 1.92. The first-order valence-corrected chi connectivity index (χ1v) is 4.76. The Bertz CT molecular complexity index is 257. The average Bonchev–Trinajstić information content (AvgIpc) is 2.57. The third-order valence-corrected chi connectivity index (χ3v) is 2.44. The van der Waals surface area contributed by atoms with E-state index in [2.05, 4.69) is 11.5 Å². The zero-order chi connectivity index (χ0) is 9.10. The summed E-state index contributed by atoms with van der Waals surface area (Å²) in [5.41, 5.74) is 4.17. The first kappa shape index (κ1) is 8.78. The molecule has 0 atom stereocenters. The Kier molecular flexibility index (Phi) is 2.66. The number of aryl methyl sites for hydroxylation is 2. The number of furan rings is 1. The highest BCUT2D eigenvalue weighted by Crippen LogP contribution is 2.24. The van der Waals surface area contributed by atoms with E-state index in [4.69, 9.17) is 9.25 Å². The van der Waals surface area contributed by atoms with Crippen molar-refractivity contribution in [2.24, 2.45) is 0 Å². The average molecular weight is 181 g/mol. The molecular formula is C10H15NO2. The monoisotopic (exact) mass is 181 g/mol. The summed E-state index contributed by atoms with van der Waals surface area (Å²) < 4.78 is 5.67. The minimum atomic E-state index is 0.656. The van der Waals surface area contributed by atoms with E-state index >= 15 is 0 Å². The van der Waals surface area contributed by atoms with Gasteiger partial charge in [0.2, 0.25) is 0 Å². The summed E-state index contributed by atoms with van der Waals surface area (Å²) in [7, 11) is 1.61. The number of hydroxylamine groups is 1. The zero-order valence-electron chi connectivity index (χ0n) is 7.93. The van der Waals surface area contributed by atoms with Gasteiger partial charge in [0.15, 0.2) is 0 Å². The van der Waals surface area contributed by atoms with Crippen LogP contribution < -0.4 is 5.48 Å². The second-order valence-electron chi connectivity index (χ2n) is 3.39. The maximum atomic E-state index is 5.67. The van der Waals surface area contributed by atoms with Gasteiger partial charge in [-0.1, -0.05) is 0 Å². The SMILES string of the molecule is CONCc1cc2c(o1)CCCC2. The molecule has 1 aliphatic rings. The van der Waals surface area contributed by atoms with Crippen molar-refractivity contribution >= 4 is 0 Å². The van der Waals surface area contributed by atoms with Gasteiger partial charge < -0.3 is 9.25 Å². The van der Waals surface area contributed by atoms with Gasteiger partial charge in [0.25, 0.3) is 0 Å². The Hall–Kier alpha value is -0.800. The van der Waals surface area contributed by atoms with E-state index in [1.54, 1.807) is 7.11 Å². The predicted molar refractivity (Wildman–Crippen MR) is 49.2 cm³/mol. The highest BCUT2D eigenvalue weighted by Gasteiger charge is 2.14. The van der Waals surface area contributed by atoms with Crippen molar-refractivity contribution in [2.45, 2.75) is 32.2 Å². The lowest BCUT2D eigenvalue weighted by Crippen LogP contribution is -2.09. The molecule has 3 heteroatoms. The Morgan fingerprint density at radius 1 is 1.46 bits per heavy atom. The minimum absolute atomic E-state index is 0.656. The molecule has 1 N–H and O–H groups in total. The molecule has 0 saturated heterocycles. The third-order valence-electron chi connectivity index (χ3n) is 2.44. The van der Waals surface area contributed by atoms with Gasteiger partial charge in [0.1, 0.15) is 11.5 Å². The Balaban J connectivity index is 2.07. The first-order valence-electron chi connectivity index (χ1n) is 4.76. The molecule has 1 aromatic rings. The fourth-order valence-electron chi connectivity index (χ4n) is 1.78. The van der Waals surface area contributed by atoms with Crippen LogP contribution in [0.25, 0.3) is 0 Å². The second-order valence-corrected chi connectivity index (χ2v) is 3.39. The van der Waals surface area contributed by atoms with Crippen molar-refractivity contribution < 1.29 is 9.25 Å². The maximum absolute atomic E-state index is 5.67. The van der Waals surface area contributed by atoms with E-state index in [1.807, 2.05) is 0 Å². The van der Waals surface area contributed by atoms with Gasteiger partial charge in [-0.25, -0.2) is 0 Å². The molecule has 0 fully saturated rings. The molecule has 0 saturated carbocycles. The first-order chi connectivity index (χ1) is 6.40. The number of hydrogen-bond acceptors (Lipinski definition) is 3. The van der Waals surface area contributed by atoms with Crippen LogP contribution in [0.3, 0.4) is 0 Å². The normalized spacial score (nSPS) is 15.8. The molecule has 3 nitrogen and oxygen atoms in total. The summed E-state index contributed by atoms with van der Waals surface area (Å²) in [4.78, 5) is 4.77. The highest BCUT2D eigenvalue weighted by molar-refractivity contribution is 5.23. The number of fused-ring (bicyclic) bond motifs is 1. The van der Waals surface area contributed by atoms with Crippen LogP contribution in [0.15, 0.2) is 10.5 Å². The molecule has 0 spiro atoms. The van der Waals surface area contributed by atoms with Gasteiger partial charge in [-0.2, -0.15) is 5.48 Å². The summed E-state index contributed by atoms with van der Waals surface area (Å²) in [6, 6.07) is 2.14. The summed E-state index contributed by atoms with van der Waals surface area (Å²) in [6.07, 6.45) is 4.83. The minimum Gasteiger partial charge on any atom is -0.464 e. The van der Waals surface area contributed by atoms with Gasteiger partial charge in [-0.15, -0.1) is 0 Å². The van der Waals surface area contributed by atoms with Gasteiger partial charge >= 0.3 is 0 Å². The van der Waals surface area contributed by atoms with Gasteiger partial charge in [-0.3, -0.25) is 0 Å². The Morgan fingerprint density at radius 2 is 2.31 bits per heavy atom. The van der Waals surface area contributed by atoms with Crippen LogP contribution >= 0.6 is 0 Å². The largest absolute Gasteiger partial charge is 0.464 e. The van der Waals surface area contributed by atoms with Crippen LogP contribution in [-0.2, 0) is 24.2 Å². The Morgan fingerprint density at radius 3 is 3.08 bits per heavy atom. The van der Waals surface area contributed by atoms with Crippen molar-refractivity contribution in [3.05, 3.63) is 23.2 Å². The molecule has 1 aromatic heterocycles. The van der Waals surface area contributed by atoms with Crippen molar-refractivity contribution in [3.8, 4) is 0 Å². The molecule has 0 aromatic carbocycles. The lowest BCUT2D eigenvalue weighted by molar-refractivity contribution is 0.0815. The number of nitrogens with one attached hydrogen (secondary N) is 1. The molecule has 72 valence electrons. The van der Waals surface area contributed by atoms with Crippen molar-refractivity contribution in [3.63, 3.8) is 0 Å². The van der Waals surface area contributed by atoms with Gasteiger partial charge in [0.05, 0.1) is 13.7 Å². The van der Waals surface area contributed by atoms with E-state index in [9.17, 15) is 0 Å². The summed E-state index contributed by atoms with van der Waals surface area (Å²) in [5, 5.41) is 0. The molecule has 1 aliphatic carbocycles. The fraction of sp³-hybridized carbons (Fsp3) is 0.600. The molecule has 2 rings (SSSR count). The second kappa shape index (κ2) is 3.94. The van der Waals surface area contributed by atoms with E-state index in [0.717, 1.165) is 12.2 Å². The van der Waals surface area contributed by atoms with E-state index in [-0.39, 0.29) is 0 Å². The highest BCUT2D eigenvalue weighted by atomic mass is 16.6. The number of rotatable bonds is 3. The quantitative estimate of drug-likeness (QED) is 0.722. The van der Waals surface area contributed by atoms with Crippen molar-refractivity contribution in [1.82, 2.24) is 5.48 Å². The standard InChI is InChI=1S/C10H15NO2/c1-12-11-7-9-6-8-4-2-3-5-10(8)13-9/h6,11H,2-5,7H2,1H3. The smallest absolute Gasteiger partial charge is 0.120 e. The molecule has 13 heavy (non-hydrogen) atoms. The molecule has 0 bridgehead atoms. The van der Waals surface area contributed by atoms with Crippen LogP contribution in [-0.4, -0.2) is 7.11 Å².